The minimum absolute atomic E-state index is 0. The highest BCUT2D eigenvalue weighted by Gasteiger charge is 2.21. The molecule has 1 unspecified atom stereocenters. The van der Waals surface area contributed by atoms with Crippen molar-refractivity contribution in [3.63, 3.8) is 0 Å². The second kappa shape index (κ2) is 13.8. The molecule has 0 bridgehead atoms. The molecule has 36 heavy (non-hydrogen) atoms. The predicted molar refractivity (Wildman–Crippen MR) is 142 cm³/mol. The zero-order valence-corrected chi connectivity index (χ0v) is 21.6. The van der Waals surface area contributed by atoms with Gasteiger partial charge in [-0.3, -0.25) is 9.00 Å². The summed E-state index contributed by atoms with van der Waals surface area (Å²) in [7, 11) is 0. The SMILES string of the molecule is Cc1cc(Cl)ccc1OCCCC(=O)N1CCN(c2ccc(S(=O)[O-])cc2)CC1.Nc1ccncn1.[HH]. The van der Waals surface area contributed by atoms with Gasteiger partial charge < -0.3 is 24.8 Å². The van der Waals surface area contributed by atoms with Gasteiger partial charge >= 0.3 is 0 Å². The molecule has 1 saturated heterocycles. The normalized spacial score (nSPS) is 14.0. The quantitative estimate of drug-likeness (QED) is 0.360. The molecule has 1 fully saturated rings. The Labute approximate surface area is 220 Å². The van der Waals surface area contributed by atoms with E-state index in [4.69, 9.17) is 22.1 Å². The number of aryl methyl sites for hydroxylation is 1. The lowest BCUT2D eigenvalue weighted by atomic mass is 10.2. The number of nitrogens with zero attached hydrogens (tertiary/aromatic N) is 4. The monoisotopic (exact) mass is 532 g/mol. The van der Waals surface area contributed by atoms with Crippen molar-refractivity contribution < 1.29 is 19.7 Å². The maximum absolute atomic E-state index is 12.4. The van der Waals surface area contributed by atoms with E-state index in [9.17, 15) is 13.6 Å². The van der Waals surface area contributed by atoms with E-state index in [0.717, 1.165) is 30.1 Å². The van der Waals surface area contributed by atoms with Crippen molar-refractivity contribution in [1.29, 1.82) is 0 Å². The van der Waals surface area contributed by atoms with Gasteiger partial charge in [-0.2, -0.15) is 0 Å². The van der Waals surface area contributed by atoms with Gasteiger partial charge in [0.2, 0.25) is 5.91 Å². The summed E-state index contributed by atoms with van der Waals surface area (Å²) in [5, 5.41) is 0.681. The molecule has 3 aromatic rings. The summed E-state index contributed by atoms with van der Waals surface area (Å²) in [5.41, 5.74) is 7.16. The topological polar surface area (TPSA) is 125 Å². The van der Waals surface area contributed by atoms with Crippen molar-refractivity contribution in [2.45, 2.75) is 24.7 Å². The number of halogens is 1. The summed E-state index contributed by atoms with van der Waals surface area (Å²) in [5.74, 6) is 1.44. The summed E-state index contributed by atoms with van der Waals surface area (Å²) in [4.78, 5) is 24.1. The lowest BCUT2D eigenvalue weighted by molar-refractivity contribution is -0.131. The summed E-state index contributed by atoms with van der Waals surface area (Å²) >= 11 is 3.73. The number of hydrogen-bond donors (Lipinski definition) is 1. The summed E-state index contributed by atoms with van der Waals surface area (Å²) in [6, 6.07) is 13.9. The molecule has 11 heteroatoms. The van der Waals surface area contributed by atoms with E-state index in [1.165, 1.54) is 6.33 Å². The van der Waals surface area contributed by atoms with Crippen molar-refractivity contribution in [2.24, 2.45) is 0 Å². The highest BCUT2D eigenvalue weighted by atomic mass is 35.5. The average molecular weight is 533 g/mol. The molecule has 9 nitrogen and oxygen atoms in total. The largest absolute Gasteiger partial charge is 0.768 e. The zero-order valence-electron chi connectivity index (χ0n) is 20.0. The van der Waals surface area contributed by atoms with Gasteiger partial charge in [-0.05, 0) is 78.5 Å². The van der Waals surface area contributed by atoms with Crippen LogP contribution in [0.1, 0.15) is 19.8 Å². The molecule has 2 heterocycles. The van der Waals surface area contributed by atoms with Gasteiger partial charge in [0.05, 0.1) is 6.61 Å². The van der Waals surface area contributed by atoms with Crippen LogP contribution in [0, 0.1) is 6.92 Å². The fourth-order valence-corrected chi connectivity index (χ4v) is 4.21. The van der Waals surface area contributed by atoms with Gasteiger partial charge in [-0.25, -0.2) is 9.97 Å². The average Bonchev–Trinajstić information content (AvgIpc) is 2.88. The molecule has 4 rings (SSSR count). The van der Waals surface area contributed by atoms with Crippen LogP contribution in [-0.4, -0.2) is 62.3 Å². The number of anilines is 2. The van der Waals surface area contributed by atoms with Gasteiger partial charge in [-0.15, -0.1) is 0 Å². The van der Waals surface area contributed by atoms with Crippen LogP contribution in [0.4, 0.5) is 11.5 Å². The van der Waals surface area contributed by atoms with Crippen molar-refractivity contribution in [3.05, 3.63) is 71.6 Å². The minimum Gasteiger partial charge on any atom is -0.768 e. The Balaban J connectivity index is 0.000000520. The number of ether oxygens (including phenoxy) is 1. The second-order valence-corrected chi connectivity index (χ2v) is 9.47. The maximum atomic E-state index is 12.4. The molecule has 0 spiro atoms. The Morgan fingerprint density at radius 2 is 1.89 bits per heavy atom. The third-order valence-electron chi connectivity index (χ3n) is 5.56. The molecular formula is C25H31ClN5O4S-. The zero-order chi connectivity index (χ0) is 25.9. The number of benzene rings is 2. The number of hydrogen-bond acceptors (Lipinski definition) is 8. The molecule has 0 aliphatic carbocycles. The first kappa shape index (κ1) is 27.4. The van der Waals surface area contributed by atoms with Crippen molar-refractivity contribution in [2.75, 3.05) is 43.4 Å². The van der Waals surface area contributed by atoms with Crippen LogP contribution in [0.15, 0.2) is 66.0 Å². The smallest absolute Gasteiger partial charge is 0.222 e. The summed E-state index contributed by atoms with van der Waals surface area (Å²) in [6.45, 7) is 5.20. The molecular weight excluding hydrogens is 502 g/mol. The van der Waals surface area contributed by atoms with E-state index >= 15 is 0 Å². The number of nitrogens with two attached hydrogens (primary N) is 1. The number of carbonyl (C=O) groups excluding carboxylic acids is 1. The first-order chi connectivity index (χ1) is 17.3. The number of amides is 1. The fourth-order valence-electron chi connectivity index (χ4n) is 3.62. The van der Waals surface area contributed by atoms with E-state index in [1.54, 1.807) is 42.6 Å². The van der Waals surface area contributed by atoms with E-state index in [-0.39, 0.29) is 12.2 Å². The second-order valence-electron chi connectivity index (χ2n) is 8.09. The predicted octanol–water partition coefficient (Wildman–Crippen LogP) is 3.70. The van der Waals surface area contributed by atoms with Crippen LogP contribution in [-0.2, 0) is 15.9 Å². The molecule has 1 aromatic heterocycles. The Hall–Kier alpha value is -3.21. The molecule has 1 aliphatic rings. The van der Waals surface area contributed by atoms with Gasteiger partial charge in [0, 0.05) is 55.8 Å². The number of carbonyl (C=O) groups is 1. The van der Waals surface area contributed by atoms with Gasteiger partial charge in [-0.1, -0.05) is 11.6 Å². The van der Waals surface area contributed by atoms with Gasteiger partial charge in [0.1, 0.15) is 17.9 Å². The molecule has 1 amide bonds. The Morgan fingerprint density at radius 1 is 1.17 bits per heavy atom. The Kier molecular flexibility index (Phi) is 10.5. The van der Waals surface area contributed by atoms with Crippen LogP contribution in [0.5, 0.6) is 5.75 Å². The minimum atomic E-state index is -2.21. The lowest BCUT2D eigenvalue weighted by Crippen LogP contribution is -2.48. The first-order valence-electron chi connectivity index (χ1n) is 11.5. The Morgan fingerprint density at radius 3 is 2.44 bits per heavy atom. The summed E-state index contributed by atoms with van der Waals surface area (Å²) in [6.07, 6.45) is 4.13. The number of rotatable bonds is 7. The van der Waals surface area contributed by atoms with Crippen LogP contribution in [0.3, 0.4) is 0 Å². The van der Waals surface area contributed by atoms with Crippen molar-refractivity contribution >= 4 is 40.1 Å². The van der Waals surface area contributed by atoms with Crippen LogP contribution >= 0.6 is 11.6 Å². The lowest BCUT2D eigenvalue weighted by Gasteiger charge is -2.36. The maximum Gasteiger partial charge on any atom is 0.222 e. The number of piperazine rings is 1. The molecule has 2 aromatic carbocycles. The van der Waals surface area contributed by atoms with Crippen molar-refractivity contribution in [3.8, 4) is 5.75 Å². The first-order valence-corrected chi connectivity index (χ1v) is 12.9. The van der Waals surface area contributed by atoms with Crippen LogP contribution < -0.4 is 15.4 Å². The van der Waals surface area contributed by atoms with E-state index in [1.807, 2.05) is 24.0 Å². The highest BCUT2D eigenvalue weighted by Crippen LogP contribution is 2.22. The number of aromatic nitrogens is 2. The molecule has 1 aliphatic heterocycles. The molecule has 0 radical (unpaired) electrons. The highest BCUT2D eigenvalue weighted by molar-refractivity contribution is 7.79. The van der Waals surface area contributed by atoms with Crippen LogP contribution in [0.2, 0.25) is 5.02 Å². The molecule has 0 saturated carbocycles. The summed E-state index contributed by atoms with van der Waals surface area (Å²) < 4.78 is 27.7. The molecule has 194 valence electrons. The van der Waals surface area contributed by atoms with Crippen molar-refractivity contribution in [1.82, 2.24) is 14.9 Å². The van der Waals surface area contributed by atoms with Gasteiger partial charge in [0.25, 0.3) is 0 Å². The third-order valence-corrected chi connectivity index (χ3v) is 6.45. The molecule has 1 atom stereocenters. The molecule has 2 N–H and O–H groups in total. The third kappa shape index (κ3) is 8.47. The van der Waals surface area contributed by atoms with E-state index < -0.39 is 11.1 Å². The fraction of sp³-hybridized carbons (Fsp3) is 0.320. The van der Waals surface area contributed by atoms with E-state index in [2.05, 4.69) is 14.9 Å². The van der Waals surface area contributed by atoms with E-state index in [0.29, 0.717) is 43.4 Å². The number of nitrogen functional groups attached to an aromatic ring is 1. The standard InChI is InChI=1S/C21H25ClN2O4S.C4H5N3.H2/c1-16-15-17(22)4-9-20(16)28-14-2-3-21(25)24-12-10-23(11-13-24)18-5-7-19(8-6-18)29(26)27;5-4-1-2-6-3-7-4;/h4-9,15H,2-3,10-14H2,1H3,(H,26,27);1-3H,(H2,5,6,7);1H/p-1. The van der Waals surface area contributed by atoms with Gasteiger partial charge in [0.15, 0.2) is 0 Å². The Bertz CT molecular complexity index is 1150. The van der Waals surface area contributed by atoms with Crippen LogP contribution in [0.25, 0.3) is 0 Å².